The first kappa shape index (κ1) is 25.0. The lowest BCUT2D eigenvalue weighted by atomic mass is 9.96. The van der Waals surface area contributed by atoms with E-state index >= 15 is 0 Å². The van der Waals surface area contributed by atoms with E-state index in [-0.39, 0.29) is 0 Å². The van der Waals surface area contributed by atoms with Crippen LogP contribution in [-0.2, 0) is 0 Å². The molecule has 0 aliphatic rings. The van der Waals surface area contributed by atoms with Gasteiger partial charge in [0.25, 0.3) is 0 Å². The first-order valence-corrected chi connectivity index (χ1v) is 14.4. The molecule has 8 rings (SSSR count). The zero-order valence-corrected chi connectivity index (χ0v) is 23.3. The van der Waals surface area contributed by atoms with Crippen molar-refractivity contribution in [3.05, 3.63) is 158 Å². The van der Waals surface area contributed by atoms with Gasteiger partial charge in [-0.15, -0.1) is 0 Å². The summed E-state index contributed by atoms with van der Waals surface area (Å²) in [5.41, 5.74) is 11.2. The predicted molar refractivity (Wildman–Crippen MR) is 176 cm³/mol. The van der Waals surface area contributed by atoms with Gasteiger partial charge in [-0.25, -0.2) is 9.97 Å². The highest BCUT2D eigenvalue weighted by molar-refractivity contribution is 6.12. The maximum Gasteiger partial charge on any atom is 0.160 e. The molecule has 0 unspecified atom stereocenters. The molecule has 0 amide bonds. The van der Waals surface area contributed by atoms with Crippen molar-refractivity contribution in [3.8, 4) is 56.2 Å². The van der Waals surface area contributed by atoms with Gasteiger partial charge in [0, 0.05) is 27.5 Å². The van der Waals surface area contributed by atoms with Crippen molar-refractivity contribution >= 4 is 21.9 Å². The Bertz CT molecular complexity index is 2230. The summed E-state index contributed by atoms with van der Waals surface area (Å²) in [6, 6.07) is 54.4. The molecule has 2 aromatic heterocycles. The minimum Gasteiger partial charge on any atom is -0.456 e. The first-order valence-electron chi connectivity index (χ1n) is 14.4. The highest BCUT2D eigenvalue weighted by Crippen LogP contribution is 2.38. The summed E-state index contributed by atoms with van der Waals surface area (Å²) in [6.07, 6.45) is 0. The molecular weight excluding hydrogens is 524 g/mol. The van der Waals surface area contributed by atoms with Crippen molar-refractivity contribution in [1.29, 1.82) is 0 Å². The third-order valence-electron chi connectivity index (χ3n) is 7.90. The summed E-state index contributed by atoms with van der Waals surface area (Å²) in [6.45, 7) is 0. The maximum atomic E-state index is 6.18. The van der Waals surface area contributed by atoms with Crippen LogP contribution in [0.1, 0.15) is 0 Å². The molecule has 202 valence electrons. The smallest absolute Gasteiger partial charge is 0.160 e. The van der Waals surface area contributed by atoms with E-state index in [1.165, 1.54) is 5.56 Å². The van der Waals surface area contributed by atoms with E-state index in [0.29, 0.717) is 5.82 Å². The number of nitrogens with zero attached hydrogens (tertiary/aromatic N) is 2. The summed E-state index contributed by atoms with van der Waals surface area (Å²) in [7, 11) is 0. The summed E-state index contributed by atoms with van der Waals surface area (Å²) < 4.78 is 6.18. The normalized spacial score (nSPS) is 11.3. The van der Waals surface area contributed by atoms with Gasteiger partial charge in [0.15, 0.2) is 5.82 Å². The molecule has 0 fully saturated rings. The standard InChI is InChI=1S/C40H26N2O/c1-3-12-27(13-4-1)29-16-9-18-31(24-29)35-26-36(42-40(41-35)28-14-5-2-6-15-28)32-19-10-17-30(25-32)33-21-11-23-38-39(33)34-20-7-8-22-37(34)43-38/h1-26H. The second-order valence-electron chi connectivity index (χ2n) is 10.6. The van der Waals surface area contributed by atoms with E-state index in [4.69, 9.17) is 14.4 Å². The molecule has 0 spiro atoms. The van der Waals surface area contributed by atoms with Crippen molar-refractivity contribution in [1.82, 2.24) is 9.97 Å². The number of furan rings is 1. The lowest BCUT2D eigenvalue weighted by molar-refractivity contribution is 0.669. The zero-order chi connectivity index (χ0) is 28.6. The number of hydrogen-bond acceptors (Lipinski definition) is 3. The third-order valence-corrected chi connectivity index (χ3v) is 7.90. The van der Waals surface area contributed by atoms with Gasteiger partial charge in [-0.2, -0.15) is 0 Å². The average Bonchev–Trinajstić information content (AvgIpc) is 3.48. The van der Waals surface area contributed by atoms with Crippen molar-refractivity contribution in [2.75, 3.05) is 0 Å². The van der Waals surface area contributed by atoms with Crippen molar-refractivity contribution in [3.63, 3.8) is 0 Å². The van der Waals surface area contributed by atoms with Gasteiger partial charge in [0.1, 0.15) is 11.2 Å². The Morgan fingerprint density at radius 2 is 0.907 bits per heavy atom. The van der Waals surface area contributed by atoms with E-state index in [2.05, 4.69) is 115 Å². The monoisotopic (exact) mass is 550 g/mol. The van der Waals surface area contributed by atoms with Gasteiger partial charge in [-0.1, -0.05) is 127 Å². The Balaban J connectivity index is 1.29. The number of hydrogen-bond donors (Lipinski definition) is 0. The van der Waals surface area contributed by atoms with Gasteiger partial charge in [-0.05, 0) is 52.6 Å². The minimum absolute atomic E-state index is 0.701. The Morgan fingerprint density at radius 3 is 1.65 bits per heavy atom. The van der Waals surface area contributed by atoms with Gasteiger partial charge < -0.3 is 4.42 Å². The van der Waals surface area contributed by atoms with Gasteiger partial charge in [-0.3, -0.25) is 0 Å². The minimum atomic E-state index is 0.701. The summed E-state index contributed by atoms with van der Waals surface area (Å²) in [5, 5.41) is 2.24. The molecule has 6 aromatic carbocycles. The van der Waals surface area contributed by atoms with Gasteiger partial charge in [0.2, 0.25) is 0 Å². The van der Waals surface area contributed by atoms with Crippen molar-refractivity contribution in [2.45, 2.75) is 0 Å². The second kappa shape index (κ2) is 10.6. The summed E-state index contributed by atoms with van der Waals surface area (Å²) >= 11 is 0. The van der Waals surface area contributed by atoms with E-state index in [0.717, 1.165) is 66.7 Å². The van der Waals surface area contributed by atoms with Gasteiger partial charge in [0.05, 0.1) is 11.4 Å². The SMILES string of the molecule is c1ccc(-c2cccc(-c3cc(-c4cccc(-c5cccc6oc7ccccc7c56)c4)nc(-c4ccccc4)n3)c2)cc1. The van der Waals surface area contributed by atoms with E-state index in [1.54, 1.807) is 0 Å². The Labute approximate surface area is 249 Å². The maximum absolute atomic E-state index is 6.18. The highest BCUT2D eigenvalue weighted by Gasteiger charge is 2.15. The molecule has 0 atom stereocenters. The fourth-order valence-electron chi connectivity index (χ4n) is 5.81. The first-order chi connectivity index (χ1) is 21.3. The molecule has 2 heterocycles. The Hall–Kier alpha value is -5.80. The molecule has 0 radical (unpaired) electrons. The van der Waals surface area contributed by atoms with Crippen LogP contribution in [0, 0.1) is 0 Å². The number of benzene rings is 6. The molecule has 8 aromatic rings. The lowest BCUT2D eigenvalue weighted by Gasteiger charge is -2.12. The van der Waals surface area contributed by atoms with Crippen LogP contribution in [0.25, 0.3) is 78.1 Å². The Kier molecular flexibility index (Phi) is 6.12. The van der Waals surface area contributed by atoms with Crippen LogP contribution in [0.15, 0.2) is 162 Å². The topological polar surface area (TPSA) is 38.9 Å². The van der Waals surface area contributed by atoms with Crippen LogP contribution in [0.2, 0.25) is 0 Å². The molecule has 3 nitrogen and oxygen atoms in total. The largest absolute Gasteiger partial charge is 0.456 e. The molecule has 0 N–H and O–H groups in total. The van der Waals surface area contributed by atoms with Gasteiger partial charge >= 0.3 is 0 Å². The number of rotatable bonds is 5. The quantitative estimate of drug-likeness (QED) is 0.214. The lowest BCUT2D eigenvalue weighted by Crippen LogP contribution is -1.96. The zero-order valence-electron chi connectivity index (χ0n) is 23.3. The predicted octanol–water partition coefficient (Wildman–Crippen LogP) is 10.7. The summed E-state index contributed by atoms with van der Waals surface area (Å²) in [5.74, 6) is 0.701. The molecule has 0 saturated carbocycles. The second-order valence-corrected chi connectivity index (χ2v) is 10.6. The van der Waals surface area contributed by atoms with Crippen LogP contribution in [0.3, 0.4) is 0 Å². The molecule has 43 heavy (non-hydrogen) atoms. The van der Waals surface area contributed by atoms with Crippen LogP contribution in [0.5, 0.6) is 0 Å². The van der Waals surface area contributed by atoms with E-state index in [1.807, 2.05) is 42.5 Å². The highest BCUT2D eigenvalue weighted by atomic mass is 16.3. The molecule has 0 aliphatic carbocycles. The molecular formula is C40H26N2O. The summed E-state index contributed by atoms with van der Waals surface area (Å²) in [4.78, 5) is 10.1. The fourth-order valence-corrected chi connectivity index (χ4v) is 5.81. The molecule has 3 heteroatoms. The molecule has 0 saturated heterocycles. The van der Waals surface area contributed by atoms with Crippen LogP contribution in [0.4, 0.5) is 0 Å². The molecule has 0 aliphatic heterocycles. The van der Waals surface area contributed by atoms with E-state index in [9.17, 15) is 0 Å². The van der Waals surface area contributed by atoms with Crippen LogP contribution >= 0.6 is 0 Å². The fraction of sp³-hybridized carbons (Fsp3) is 0. The third kappa shape index (κ3) is 4.67. The molecule has 0 bridgehead atoms. The van der Waals surface area contributed by atoms with Crippen molar-refractivity contribution < 1.29 is 4.42 Å². The average molecular weight is 551 g/mol. The van der Waals surface area contributed by atoms with Crippen LogP contribution < -0.4 is 0 Å². The van der Waals surface area contributed by atoms with Crippen LogP contribution in [-0.4, -0.2) is 9.97 Å². The Morgan fingerprint density at radius 1 is 0.372 bits per heavy atom. The van der Waals surface area contributed by atoms with E-state index < -0.39 is 0 Å². The van der Waals surface area contributed by atoms with Crippen molar-refractivity contribution in [2.24, 2.45) is 0 Å². The number of para-hydroxylation sites is 1. The number of aromatic nitrogens is 2. The number of fused-ring (bicyclic) bond motifs is 3.